The van der Waals surface area contributed by atoms with Gasteiger partial charge in [0.1, 0.15) is 5.76 Å². The van der Waals surface area contributed by atoms with Crippen LogP contribution in [0.25, 0.3) is 0 Å². The number of nitrogens with one attached hydrogen (secondary N) is 1. The van der Waals surface area contributed by atoms with Crippen molar-refractivity contribution in [3.05, 3.63) is 54.5 Å². The molecule has 0 radical (unpaired) electrons. The van der Waals surface area contributed by atoms with Crippen LogP contribution in [0.15, 0.2) is 58.0 Å². The molecule has 2 aromatic rings. The van der Waals surface area contributed by atoms with Crippen LogP contribution in [0, 0.1) is 11.3 Å². The fourth-order valence-electron chi connectivity index (χ4n) is 1.43. The van der Waals surface area contributed by atoms with Crippen molar-refractivity contribution in [2.75, 3.05) is 0 Å². The lowest BCUT2D eigenvalue weighted by Crippen LogP contribution is -2.27. The van der Waals surface area contributed by atoms with Crippen molar-refractivity contribution in [1.29, 1.82) is 5.26 Å². The Labute approximate surface area is 105 Å². The zero-order chi connectivity index (χ0) is 13.0. The summed E-state index contributed by atoms with van der Waals surface area (Å²) in [5.41, 5.74) is 0. The van der Waals surface area contributed by atoms with Gasteiger partial charge in [-0.05, 0) is 24.3 Å². The first kappa shape index (κ1) is 12.4. The summed E-state index contributed by atoms with van der Waals surface area (Å²) in [6.45, 7) is 0. The molecule has 1 unspecified atom stereocenters. The van der Waals surface area contributed by atoms with Crippen molar-refractivity contribution >= 4 is 10.0 Å². The van der Waals surface area contributed by atoms with Crippen LogP contribution < -0.4 is 4.72 Å². The van der Waals surface area contributed by atoms with Gasteiger partial charge in [-0.2, -0.15) is 9.98 Å². The fourth-order valence-corrected chi connectivity index (χ4v) is 2.56. The highest BCUT2D eigenvalue weighted by Gasteiger charge is 2.22. The summed E-state index contributed by atoms with van der Waals surface area (Å²) >= 11 is 0. The van der Waals surface area contributed by atoms with Crippen LogP contribution >= 0.6 is 0 Å². The molecule has 1 atom stereocenters. The Hall–Kier alpha value is -2.10. The monoisotopic (exact) mass is 262 g/mol. The summed E-state index contributed by atoms with van der Waals surface area (Å²) in [4.78, 5) is 0.108. The van der Waals surface area contributed by atoms with Crippen molar-refractivity contribution in [3.63, 3.8) is 0 Å². The number of rotatable bonds is 4. The topological polar surface area (TPSA) is 83.1 Å². The minimum absolute atomic E-state index is 0.108. The van der Waals surface area contributed by atoms with Gasteiger partial charge in [0.05, 0.1) is 17.2 Å². The molecular formula is C12H10N2O3S. The zero-order valence-electron chi connectivity index (χ0n) is 9.28. The van der Waals surface area contributed by atoms with E-state index in [0.29, 0.717) is 0 Å². The molecule has 0 spiro atoms. The summed E-state index contributed by atoms with van der Waals surface area (Å²) in [6.07, 6.45) is 1.39. The van der Waals surface area contributed by atoms with Crippen molar-refractivity contribution in [2.45, 2.75) is 10.9 Å². The Bertz CT molecular complexity index is 642. The largest absolute Gasteiger partial charge is 0.467 e. The van der Waals surface area contributed by atoms with Gasteiger partial charge in [-0.25, -0.2) is 8.42 Å². The first-order chi connectivity index (χ1) is 8.63. The summed E-state index contributed by atoms with van der Waals surface area (Å²) < 4.78 is 31.3. The summed E-state index contributed by atoms with van der Waals surface area (Å²) in [5.74, 6) is 0.261. The molecule has 18 heavy (non-hydrogen) atoms. The quantitative estimate of drug-likeness (QED) is 0.911. The predicted octanol–water partition coefficient (Wildman–Crippen LogP) is 1.82. The minimum Gasteiger partial charge on any atom is -0.467 e. The second kappa shape index (κ2) is 5.04. The molecule has 1 aromatic carbocycles. The maximum atomic E-state index is 12.0. The SMILES string of the molecule is N#CC(NS(=O)(=O)c1ccccc1)c1ccco1. The molecule has 0 aliphatic carbocycles. The van der Waals surface area contributed by atoms with Crippen LogP contribution in [0.3, 0.4) is 0 Å². The Kier molecular flexibility index (Phi) is 3.46. The number of hydrogen-bond donors (Lipinski definition) is 1. The van der Waals surface area contributed by atoms with Crippen LogP contribution in [0.4, 0.5) is 0 Å². The molecular weight excluding hydrogens is 252 g/mol. The maximum absolute atomic E-state index is 12.0. The summed E-state index contributed by atoms with van der Waals surface area (Å²) in [7, 11) is -3.73. The average molecular weight is 262 g/mol. The van der Waals surface area contributed by atoms with E-state index in [9.17, 15) is 8.42 Å². The minimum atomic E-state index is -3.73. The van der Waals surface area contributed by atoms with E-state index >= 15 is 0 Å². The van der Waals surface area contributed by atoms with E-state index in [-0.39, 0.29) is 10.7 Å². The van der Waals surface area contributed by atoms with Crippen LogP contribution in [0.5, 0.6) is 0 Å². The maximum Gasteiger partial charge on any atom is 0.242 e. The van der Waals surface area contributed by atoms with Gasteiger partial charge in [0.2, 0.25) is 10.0 Å². The average Bonchev–Trinajstić information content (AvgIpc) is 2.91. The Morgan fingerprint density at radius 2 is 1.89 bits per heavy atom. The fraction of sp³-hybridized carbons (Fsp3) is 0.0833. The zero-order valence-corrected chi connectivity index (χ0v) is 10.1. The number of furan rings is 1. The predicted molar refractivity (Wildman–Crippen MR) is 63.8 cm³/mol. The van der Waals surface area contributed by atoms with Gasteiger partial charge in [0.15, 0.2) is 6.04 Å². The number of benzene rings is 1. The third kappa shape index (κ3) is 2.59. The van der Waals surface area contributed by atoms with Gasteiger partial charge in [-0.3, -0.25) is 0 Å². The highest BCUT2D eigenvalue weighted by Crippen LogP contribution is 2.16. The van der Waals surface area contributed by atoms with Crippen molar-refractivity contribution in [1.82, 2.24) is 4.72 Å². The van der Waals surface area contributed by atoms with Crippen LogP contribution in [-0.2, 0) is 10.0 Å². The first-order valence-electron chi connectivity index (χ1n) is 5.14. The molecule has 6 heteroatoms. The molecule has 0 aliphatic rings. The lowest BCUT2D eigenvalue weighted by atomic mass is 10.3. The van der Waals surface area contributed by atoms with E-state index in [0.717, 1.165) is 0 Å². The molecule has 0 amide bonds. The van der Waals surface area contributed by atoms with Gasteiger partial charge in [-0.1, -0.05) is 18.2 Å². The third-order valence-corrected chi connectivity index (χ3v) is 3.72. The lowest BCUT2D eigenvalue weighted by molar-refractivity contribution is 0.479. The number of hydrogen-bond acceptors (Lipinski definition) is 4. The van der Waals surface area contributed by atoms with Crippen LogP contribution in [0.1, 0.15) is 11.8 Å². The molecule has 0 bridgehead atoms. The molecule has 5 nitrogen and oxygen atoms in total. The number of nitriles is 1. The van der Waals surface area contributed by atoms with Crippen LogP contribution in [0.2, 0.25) is 0 Å². The smallest absolute Gasteiger partial charge is 0.242 e. The van der Waals surface area contributed by atoms with E-state index in [1.54, 1.807) is 30.3 Å². The molecule has 0 fully saturated rings. The standard InChI is InChI=1S/C12H10N2O3S/c13-9-11(12-7-4-8-17-12)14-18(15,16)10-5-2-1-3-6-10/h1-8,11,14H. The van der Waals surface area contributed by atoms with Crippen molar-refractivity contribution < 1.29 is 12.8 Å². The Morgan fingerprint density at radius 3 is 2.44 bits per heavy atom. The Balaban J connectivity index is 2.26. The molecule has 0 aliphatic heterocycles. The van der Waals surface area contributed by atoms with E-state index < -0.39 is 16.1 Å². The highest BCUT2D eigenvalue weighted by atomic mass is 32.2. The van der Waals surface area contributed by atoms with E-state index in [1.807, 2.05) is 6.07 Å². The van der Waals surface area contributed by atoms with E-state index in [2.05, 4.69) is 4.72 Å². The van der Waals surface area contributed by atoms with Gasteiger partial charge >= 0.3 is 0 Å². The third-order valence-electron chi connectivity index (χ3n) is 2.28. The number of sulfonamides is 1. The summed E-state index contributed by atoms with van der Waals surface area (Å²) in [5, 5.41) is 8.97. The van der Waals surface area contributed by atoms with Crippen molar-refractivity contribution in [3.8, 4) is 6.07 Å². The number of nitrogens with zero attached hydrogens (tertiary/aromatic N) is 1. The van der Waals surface area contributed by atoms with Crippen molar-refractivity contribution in [2.24, 2.45) is 0 Å². The highest BCUT2D eigenvalue weighted by molar-refractivity contribution is 7.89. The molecule has 0 saturated carbocycles. The van der Waals surface area contributed by atoms with Gasteiger partial charge in [0.25, 0.3) is 0 Å². The summed E-state index contributed by atoms with van der Waals surface area (Å²) in [6, 6.07) is 11.8. The van der Waals surface area contributed by atoms with Gasteiger partial charge in [0, 0.05) is 0 Å². The van der Waals surface area contributed by atoms with Gasteiger partial charge in [-0.15, -0.1) is 0 Å². The van der Waals surface area contributed by atoms with Crippen LogP contribution in [-0.4, -0.2) is 8.42 Å². The second-order valence-electron chi connectivity index (χ2n) is 3.51. The first-order valence-corrected chi connectivity index (χ1v) is 6.62. The second-order valence-corrected chi connectivity index (χ2v) is 5.23. The van der Waals surface area contributed by atoms with E-state index in [4.69, 9.17) is 9.68 Å². The molecule has 0 saturated heterocycles. The molecule has 1 N–H and O–H groups in total. The van der Waals surface area contributed by atoms with E-state index in [1.165, 1.54) is 18.4 Å². The Morgan fingerprint density at radius 1 is 1.17 bits per heavy atom. The van der Waals surface area contributed by atoms with Gasteiger partial charge < -0.3 is 4.42 Å². The molecule has 1 heterocycles. The molecule has 92 valence electrons. The normalized spacial score (nSPS) is 12.8. The lowest BCUT2D eigenvalue weighted by Gasteiger charge is -2.09. The molecule has 1 aromatic heterocycles. The molecule has 2 rings (SSSR count).